The topological polar surface area (TPSA) is 91.3 Å². The van der Waals surface area contributed by atoms with Gasteiger partial charge in [0.2, 0.25) is 0 Å². The van der Waals surface area contributed by atoms with Crippen molar-refractivity contribution in [3.05, 3.63) is 59.7 Å². The fourth-order valence-corrected chi connectivity index (χ4v) is 3.40. The number of halogens is 3. The standard InChI is InChI=1S/C22H25F3O7/c1-5-9-16-17(12-15(19(27)29-3)18(31-16)13(2)26)32-20(28)21(30-4,22(23,24)25)14-10-7-6-8-11-14/h5-13,16-18,26H,1-4H3/b9-5+/t13-,16-,17-,18-,21+/m1/s1. The molecule has 0 saturated carbocycles. The van der Waals surface area contributed by atoms with Crippen LogP contribution in [0.2, 0.25) is 0 Å². The zero-order valence-electron chi connectivity index (χ0n) is 18.0. The number of benzene rings is 1. The molecule has 1 aliphatic rings. The van der Waals surface area contributed by atoms with Crippen LogP contribution in [-0.2, 0) is 34.1 Å². The maximum atomic E-state index is 14.1. The van der Waals surface area contributed by atoms with Crippen LogP contribution >= 0.6 is 0 Å². The second-order valence-electron chi connectivity index (χ2n) is 7.02. The Hall–Kier alpha value is -2.69. The highest BCUT2D eigenvalue weighted by Crippen LogP contribution is 2.43. The van der Waals surface area contributed by atoms with E-state index < -0.39 is 53.7 Å². The Morgan fingerprint density at radius 3 is 2.28 bits per heavy atom. The van der Waals surface area contributed by atoms with Gasteiger partial charge in [0.1, 0.15) is 12.2 Å². The van der Waals surface area contributed by atoms with Crippen LogP contribution in [0.3, 0.4) is 0 Å². The van der Waals surface area contributed by atoms with E-state index in [1.807, 2.05) is 0 Å². The molecule has 0 amide bonds. The first kappa shape index (κ1) is 25.6. The Morgan fingerprint density at radius 2 is 1.81 bits per heavy atom. The molecule has 10 heteroatoms. The van der Waals surface area contributed by atoms with Gasteiger partial charge in [0.15, 0.2) is 6.10 Å². The van der Waals surface area contributed by atoms with E-state index in [2.05, 4.69) is 4.74 Å². The summed E-state index contributed by atoms with van der Waals surface area (Å²) in [5, 5.41) is 9.99. The van der Waals surface area contributed by atoms with Gasteiger partial charge in [-0.05, 0) is 19.9 Å². The Kier molecular flexibility index (Phi) is 8.22. The zero-order valence-corrected chi connectivity index (χ0v) is 18.0. The second kappa shape index (κ2) is 10.3. The number of esters is 2. The average molecular weight is 458 g/mol. The summed E-state index contributed by atoms with van der Waals surface area (Å²) in [4.78, 5) is 25.1. The van der Waals surface area contributed by atoms with Gasteiger partial charge < -0.3 is 24.1 Å². The fraction of sp³-hybridized carbons (Fsp3) is 0.455. The zero-order chi connectivity index (χ0) is 24.1. The molecule has 0 aromatic heterocycles. The van der Waals surface area contributed by atoms with Crippen LogP contribution in [0, 0.1) is 0 Å². The maximum absolute atomic E-state index is 14.1. The molecular formula is C22H25F3O7. The summed E-state index contributed by atoms with van der Waals surface area (Å²) < 4.78 is 62.7. The van der Waals surface area contributed by atoms with E-state index in [9.17, 15) is 27.9 Å². The van der Waals surface area contributed by atoms with Crippen LogP contribution in [0.25, 0.3) is 0 Å². The highest BCUT2D eigenvalue weighted by atomic mass is 19.4. The molecule has 5 atom stereocenters. The van der Waals surface area contributed by atoms with Crippen molar-refractivity contribution in [2.45, 2.75) is 50.0 Å². The summed E-state index contributed by atoms with van der Waals surface area (Å²) in [6, 6.07) is 6.34. The quantitative estimate of drug-likeness (QED) is 0.496. The lowest BCUT2D eigenvalue weighted by atomic mass is 9.92. The van der Waals surface area contributed by atoms with Gasteiger partial charge >= 0.3 is 18.1 Å². The summed E-state index contributed by atoms with van der Waals surface area (Å²) in [5.74, 6) is -2.62. The number of rotatable bonds is 7. The third kappa shape index (κ3) is 4.87. The maximum Gasteiger partial charge on any atom is 0.432 e. The number of aliphatic hydroxyl groups is 1. The van der Waals surface area contributed by atoms with Gasteiger partial charge in [-0.2, -0.15) is 13.2 Å². The van der Waals surface area contributed by atoms with Crippen molar-refractivity contribution in [3.63, 3.8) is 0 Å². The minimum Gasteiger partial charge on any atom is -0.466 e. The van der Waals surface area contributed by atoms with Crippen molar-refractivity contribution >= 4 is 11.9 Å². The number of carbonyl (C=O) groups excluding carboxylic acids is 2. The highest BCUT2D eigenvalue weighted by molar-refractivity contribution is 5.90. The minimum atomic E-state index is -5.16. The molecule has 2 rings (SSSR count). The van der Waals surface area contributed by atoms with Crippen LogP contribution in [0.15, 0.2) is 54.1 Å². The van der Waals surface area contributed by atoms with Crippen molar-refractivity contribution in [2.75, 3.05) is 14.2 Å². The van der Waals surface area contributed by atoms with Crippen LogP contribution in [0.4, 0.5) is 13.2 Å². The van der Waals surface area contributed by atoms with Crippen LogP contribution < -0.4 is 0 Å². The molecule has 0 unspecified atom stereocenters. The smallest absolute Gasteiger partial charge is 0.432 e. The van der Waals surface area contributed by atoms with E-state index in [0.717, 1.165) is 32.4 Å². The highest BCUT2D eigenvalue weighted by Gasteiger charge is 2.64. The third-order valence-corrected chi connectivity index (χ3v) is 4.94. The molecule has 0 radical (unpaired) electrons. The molecule has 7 nitrogen and oxygen atoms in total. The van der Waals surface area contributed by atoms with E-state index in [1.165, 1.54) is 37.3 Å². The molecule has 0 saturated heterocycles. The van der Waals surface area contributed by atoms with Crippen molar-refractivity contribution in [1.29, 1.82) is 0 Å². The molecule has 32 heavy (non-hydrogen) atoms. The van der Waals surface area contributed by atoms with Crippen LogP contribution in [-0.4, -0.2) is 61.9 Å². The van der Waals surface area contributed by atoms with Crippen molar-refractivity contribution in [1.82, 2.24) is 0 Å². The molecule has 1 aromatic carbocycles. The molecule has 176 valence electrons. The summed E-state index contributed by atoms with van der Waals surface area (Å²) in [6.07, 6.45) is -5.86. The number of hydrogen-bond acceptors (Lipinski definition) is 7. The summed E-state index contributed by atoms with van der Waals surface area (Å²) in [6.45, 7) is 2.99. The number of allylic oxidation sites excluding steroid dienone is 1. The molecule has 1 aliphatic heterocycles. The molecule has 0 aliphatic carbocycles. The number of hydrogen-bond donors (Lipinski definition) is 1. The second-order valence-corrected chi connectivity index (χ2v) is 7.02. The Labute approximate surface area is 183 Å². The van der Waals surface area contributed by atoms with Gasteiger partial charge in [-0.3, -0.25) is 0 Å². The lowest BCUT2D eigenvalue weighted by molar-refractivity contribution is -0.279. The first-order valence-electron chi connectivity index (χ1n) is 9.68. The normalized spacial score (nSPS) is 24.4. The fourth-order valence-electron chi connectivity index (χ4n) is 3.40. The first-order chi connectivity index (χ1) is 15.0. The summed E-state index contributed by atoms with van der Waals surface area (Å²) in [5.41, 5.74) is -4.07. The van der Waals surface area contributed by atoms with Gasteiger partial charge in [0.25, 0.3) is 5.60 Å². The molecular weight excluding hydrogens is 433 g/mol. The molecule has 0 fully saturated rings. The van der Waals surface area contributed by atoms with E-state index in [4.69, 9.17) is 14.2 Å². The summed E-state index contributed by atoms with van der Waals surface area (Å²) in [7, 11) is 1.85. The first-order valence-corrected chi connectivity index (χ1v) is 9.68. The van der Waals surface area contributed by atoms with Crippen molar-refractivity contribution in [2.24, 2.45) is 0 Å². The van der Waals surface area contributed by atoms with Gasteiger partial charge in [0.05, 0.1) is 18.8 Å². The predicted octanol–water partition coefficient (Wildman–Crippen LogP) is 2.83. The number of methoxy groups -OCH3 is 2. The Morgan fingerprint density at radius 1 is 1.19 bits per heavy atom. The number of carbonyl (C=O) groups is 2. The minimum absolute atomic E-state index is 0.184. The lowest BCUT2D eigenvalue weighted by Gasteiger charge is -2.37. The molecule has 0 spiro atoms. The van der Waals surface area contributed by atoms with Crippen LogP contribution in [0.1, 0.15) is 19.4 Å². The SMILES string of the molecule is C/C=C/[C@H]1O[C@H]([C@@H](C)O)C(C(=O)OC)=C[C@H]1OC(=O)[C@@](OC)(c1ccccc1)C(F)(F)F. The molecule has 1 aromatic rings. The number of alkyl halides is 3. The largest absolute Gasteiger partial charge is 0.466 e. The number of aliphatic hydroxyl groups excluding tert-OH is 1. The van der Waals surface area contributed by atoms with Gasteiger partial charge in [-0.1, -0.05) is 42.5 Å². The van der Waals surface area contributed by atoms with Gasteiger partial charge in [-0.15, -0.1) is 0 Å². The van der Waals surface area contributed by atoms with Crippen LogP contribution in [0.5, 0.6) is 0 Å². The van der Waals surface area contributed by atoms with Gasteiger partial charge in [-0.25, -0.2) is 9.59 Å². The van der Waals surface area contributed by atoms with Gasteiger partial charge in [0, 0.05) is 12.7 Å². The Balaban J connectivity index is 2.55. The number of ether oxygens (including phenoxy) is 4. The van der Waals surface area contributed by atoms with E-state index in [1.54, 1.807) is 6.92 Å². The van der Waals surface area contributed by atoms with E-state index in [-0.39, 0.29) is 5.57 Å². The van der Waals surface area contributed by atoms with E-state index in [0.29, 0.717) is 0 Å². The average Bonchev–Trinajstić information content (AvgIpc) is 2.74. The third-order valence-electron chi connectivity index (χ3n) is 4.94. The van der Waals surface area contributed by atoms with Crippen molar-refractivity contribution < 1.29 is 46.8 Å². The van der Waals surface area contributed by atoms with Crippen molar-refractivity contribution in [3.8, 4) is 0 Å². The molecule has 1 heterocycles. The predicted molar refractivity (Wildman–Crippen MR) is 106 cm³/mol. The van der Waals surface area contributed by atoms with E-state index >= 15 is 0 Å². The summed E-state index contributed by atoms with van der Waals surface area (Å²) >= 11 is 0. The molecule has 1 N–H and O–H groups in total. The lowest BCUT2D eigenvalue weighted by Crippen LogP contribution is -2.54. The Bertz CT molecular complexity index is 864. The molecule has 0 bridgehead atoms. The monoisotopic (exact) mass is 458 g/mol.